The number of benzene rings is 2. The maximum absolute atomic E-state index is 12.7. The highest BCUT2D eigenvalue weighted by Gasteiger charge is 2.19. The van der Waals surface area contributed by atoms with Gasteiger partial charge in [0.15, 0.2) is 0 Å². The molecule has 0 unspecified atom stereocenters. The third kappa shape index (κ3) is 3.60. The van der Waals surface area contributed by atoms with E-state index in [0.29, 0.717) is 27.8 Å². The van der Waals surface area contributed by atoms with Gasteiger partial charge in [0.1, 0.15) is 27.8 Å². The van der Waals surface area contributed by atoms with E-state index in [-0.39, 0.29) is 5.91 Å². The number of methoxy groups -OCH3 is 3. The second kappa shape index (κ2) is 7.83. The summed E-state index contributed by atoms with van der Waals surface area (Å²) >= 11 is 1.03. The Morgan fingerprint density at radius 2 is 1.65 bits per heavy atom. The highest BCUT2D eigenvalue weighted by atomic mass is 32.1. The zero-order valence-corrected chi connectivity index (χ0v) is 15.3. The van der Waals surface area contributed by atoms with Crippen LogP contribution in [0.4, 0.5) is 5.69 Å². The number of ether oxygens (including phenoxy) is 3. The van der Waals surface area contributed by atoms with Crippen LogP contribution in [0, 0.1) is 0 Å². The maximum Gasteiger partial charge on any atom is 0.269 e. The molecule has 0 spiro atoms. The minimum absolute atomic E-state index is 0.311. The predicted octanol–water partition coefficient (Wildman–Crippen LogP) is 3.48. The summed E-state index contributed by atoms with van der Waals surface area (Å²) in [4.78, 5) is 13.1. The molecule has 2 aromatic carbocycles. The molecule has 1 amide bonds. The third-order valence-electron chi connectivity index (χ3n) is 3.71. The lowest BCUT2D eigenvalue weighted by Crippen LogP contribution is -2.12. The number of anilines is 1. The summed E-state index contributed by atoms with van der Waals surface area (Å²) in [5.41, 5.74) is 1.83. The number of hydrogen-bond acceptors (Lipinski definition) is 7. The monoisotopic (exact) mass is 371 g/mol. The van der Waals surface area contributed by atoms with E-state index in [0.717, 1.165) is 22.8 Å². The van der Waals surface area contributed by atoms with Crippen LogP contribution >= 0.6 is 11.5 Å². The Hall–Kier alpha value is -3.13. The van der Waals surface area contributed by atoms with Gasteiger partial charge in [0.2, 0.25) is 0 Å². The van der Waals surface area contributed by atoms with Crippen molar-refractivity contribution in [1.29, 1.82) is 0 Å². The van der Waals surface area contributed by atoms with Crippen LogP contribution in [-0.4, -0.2) is 36.8 Å². The van der Waals surface area contributed by atoms with Gasteiger partial charge in [0.25, 0.3) is 5.91 Å². The first-order valence-electron chi connectivity index (χ1n) is 7.66. The van der Waals surface area contributed by atoms with Gasteiger partial charge in [-0.15, -0.1) is 5.10 Å². The molecule has 1 N–H and O–H groups in total. The average Bonchev–Trinajstić information content (AvgIpc) is 3.18. The van der Waals surface area contributed by atoms with Crippen molar-refractivity contribution in [3.8, 4) is 28.5 Å². The van der Waals surface area contributed by atoms with Crippen LogP contribution in [0.1, 0.15) is 9.67 Å². The number of nitrogens with one attached hydrogen (secondary N) is 1. The number of carbonyl (C=O) groups is 1. The van der Waals surface area contributed by atoms with Crippen LogP contribution in [-0.2, 0) is 0 Å². The van der Waals surface area contributed by atoms with E-state index in [1.165, 1.54) is 7.11 Å². The molecule has 134 valence electrons. The molecule has 0 saturated carbocycles. The molecule has 0 saturated heterocycles. The van der Waals surface area contributed by atoms with Crippen LogP contribution < -0.4 is 19.5 Å². The Bertz CT molecular complexity index is 909. The minimum Gasteiger partial charge on any atom is -0.497 e. The first kappa shape index (κ1) is 17.7. The van der Waals surface area contributed by atoms with Gasteiger partial charge < -0.3 is 19.5 Å². The zero-order chi connectivity index (χ0) is 18.5. The molecule has 3 rings (SSSR count). The molecule has 26 heavy (non-hydrogen) atoms. The standard InChI is InChI=1S/C18H17N3O4S/c1-23-12-6-4-11(5-7-12)16-17(26-21-20-16)18(22)19-14-9-8-13(24-2)10-15(14)25-3/h4-10H,1-3H3,(H,19,22). The van der Waals surface area contributed by atoms with E-state index in [9.17, 15) is 4.79 Å². The van der Waals surface area contributed by atoms with E-state index < -0.39 is 0 Å². The van der Waals surface area contributed by atoms with Crippen molar-refractivity contribution in [2.45, 2.75) is 0 Å². The van der Waals surface area contributed by atoms with Crippen LogP contribution in [0.5, 0.6) is 17.2 Å². The molecular weight excluding hydrogens is 354 g/mol. The number of carbonyl (C=O) groups excluding carboxylic acids is 1. The summed E-state index contributed by atoms with van der Waals surface area (Å²) in [6.07, 6.45) is 0. The first-order valence-corrected chi connectivity index (χ1v) is 8.43. The molecule has 7 nitrogen and oxygen atoms in total. The highest BCUT2D eigenvalue weighted by molar-refractivity contribution is 7.08. The number of aromatic nitrogens is 2. The molecule has 3 aromatic rings. The van der Waals surface area contributed by atoms with E-state index in [2.05, 4.69) is 14.9 Å². The molecule has 0 radical (unpaired) electrons. The fraction of sp³-hybridized carbons (Fsp3) is 0.167. The van der Waals surface area contributed by atoms with Crippen molar-refractivity contribution in [3.63, 3.8) is 0 Å². The largest absolute Gasteiger partial charge is 0.497 e. The van der Waals surface area contributed by atoms with Gasteiger partial charge >= 0.3 is 0 Å². The molecule has 0 aliphatic heterocycles. The van der Waals surface area contributed by atoms with E-state index in [1.807, 2.05) is 24.3 Å². The Balaban J connectivity index is 1.86. The van der Waals surface area contributed by atoms with Gasteiger partial charge in [-0.25, -0.2) is 0 Å². The average molecular weight is 371 g/mol. The molecule has 1 heterocycles. The number of nitrogens with zero attached hydrogens (tertiary/aromatic N) is 2. The maximum atomic E-state index is 12.7. The van der Waals surface area contributed by atoms with Gasteiger partial charge in [-0.2, -0.15) is 0 Å². The Labute approximate surface area is 154 Å². The normalized spacial score (nSPS) is 10.3. The van der Waals surface area contributed by atoms with Gasteiger partial charge in [-0.05, 0) is 47.9 Å². The molecule has 0 bridgehead atoms. The molecule has 0 aliphatic rings. The highest BCUT2D eigenvalue weighted by Crippen LogP contribution is 2.31. The first-order chi connectivity index (χ1) is 12.7. The number of rotatable bonds is 6. The quantitative estimate of drug-likeness (QED) is 0.714. The summed E-state index contributed by atoms with van der Waals surface area (Å²) in [6, 6.07) is 12.4. The van der Waals surface area contributed by atoms with Crippen molar-refractivity contribution in [3.05, 3.63) is 47.3 Å². The predicted molar refractivity (Wildman–Crippen MR) is 99.4 cm³/mol. The van der Waals surface area contributed by atoms with E-state index in [1.54, 1.807) is 32.4 Å². The second-order valence-corrected chi connectivity index (χ2v) is 5.95. The van der Waals surface area contributed by atoms with Gasteiger partial charge in [-0.1, -0.05) is 4.49 Å². The number of amides is 1. The number of hydrogen-bond donors (Lipinski definition) is 1. The SMILES string of the molecule is COc1ccc(-c2nnsc2C(=O)Nc2ccc(OC)cc2OC)cc1. The fourth-order valence-corrected chi connectivity index (χ4v) is 2.94. The lowest BCUT2D eigenvalue weighted by molar-refractivity contribution is 0.103. The lowest BCUT2D eigenvalue weighted by atomic mass is 10.1. The van der Waals surface area contributed by atoms with Crippen molar-refractivity contribution < 1.29 is 19.0 Å². The van der Waals surface area contributed by atoms with E-state index in [4.69, 9.17) is 14.2 Å². The van der Waals surface area contributed by atoms with Gasteiger partial charge in [0, 0.05) is 11.6 Å². The van der Waals surface area contributed by atoms with Crippen molar-refractivity contribution in [2.75, 3.05) is 26.6 Å². The lowest BCUT2D eigenvalue weighted by Gasteiger charge is -2.11. The molecule has 1 aromatic heterocycles. The van der Waals surface area contributed by atoms with Gasteiger partial charge in [-0.3, -0.25) is 4.79 Å². The molecular formula is C18H17N3O4S. The van der Waals surface area contributed by atoms with Crippen LogP contribution in [0.15, 0.2) is 42.5 Å². The fourth-order valence-electron chi connectivity index (χ4n) is 2.36. The molecule has 0 atom stereocenters. The zero-order valence-electron chi connectivity index (χ0n) is 14.5. The molecule has 0 fully saturated rings. The summed E-state index contributed by atoms with van der Waals surface area (Å²) in [6.45, 7) is 0. The summed E-state index contributed by atoms with van der Waals surface area (Å²) in [7, 11) is 4.69. The van der Waals surface area contributed by atoms with Crippen molar-refractivity contribution >= 4 is 23.1 Å². The van der Waals surface area contributed by atoms with Crippen molar-refractivity contribution in [2.24, 2.45) is 0 Å². The van der Waals surface area contributed by atoms with Crippen LogP contribution in [0.2, 0.25) is 0 Å². The Morgan fingerprint density at radius 1 is 0.962 bits per heavy atom. The van der Waals surface area contributed by atoms with Crippen LogP contribution in [0.25, 0.3) is 11.3 Å². The van der Waals surface area contributed by atoms with Crippen LogP contribution in [0.3, 0.4) is 0 Å². The summed E-state index contributed by atoms with van der Waals surface area (Å²) in [5, 5.41) is 6.92. The topological polar surface area (TPSA) is 82.6 Å². The molecule has 0 aliphatic carbocycles. The summed E-state index contributed by atoms with van der Waals surface area (Å²) < 4.78 is 19.5. The Morgan fingerprint density at radius 3 is 2.31 bits per heavy atom. The molecule has 8 heteroatoms. The third-order valence-corrected chi connectivity index (χ3v) is 4.44. The van der Waals surface area contributed by atoms with Gasteiger partial charge in [0.05, 0.1) is 27.0 Å². The van der Waals surface area contributed by atoms with Crippen molar-refractivity contribution in [1.82, 2.24) is 9.59 Å². The summed E-state index contributed by atoms with van der Waals surface area (Å²) in [5.74, 6) is 1.56. The van der Waals surface area contributed by atoms with E-state index >= 15 is 0 Å². The smallest absolute Gasteiger partial charge is 0.269 e. The minimum atomic E-state index is -0.311. The Kier molecular flexibility index (Phi) is 5.33. The second-order valence-electron chi connectivity index (χ2n) is 5.20.